The van der Waals surface area contributed by atoms with Crippen LogP contribution in [-0.4, -0.2) is 47.7 Å². The SMILES string of the molecule is NCc1nc2c(-c3ccc(SCC(O)CN)c(S(N)(=O)=O)c3/C(N)=N/NN)cccc2[nH]1. The number of aliphatic hydroxyl groups excluding tert-OH is 1. The number of imidazole rings is 1. The topological polar surface area (TPSA) is 238 Å². The Labute approximate surface area is 188 Å². The first-order valence-electron chi connectivity index (χ1n) is 9.39. The Balaban J connectivity index is 2.35. The molecule has 0 saturated carbocycles. The van der Waals surface area contributed by atoms with Crippen molar-refractivity contribution in [1.82, 2.24) is 15.5 Å². The van der Waals surface area contributed by atoms with E-state index >= 15 is 0 Å². The van der Waals surface area contributed by atoms with Gasteiger partial charge in [-0.15, -0.1) is 16.9 Å². The molecule has 13 N–H and O–H groups in total. The predicted molar refractivity (Wildman–Crippen MR) is 125 cm³/mol. The molecule has 172 valence electrons. The van der Waals surface area contributed by atoms with E-state index in [2.05, 4.69) is 20.6 Å². The van der Waals surface area contributed by atoms with Gasteiger partial charge < -0.3 is 27.3 Å². The normalized spacial score (nSPS) is 13.5. The highest BCUT2D eigenvalue weighted by molar-refractivity contribution is 8.00. The van der Waals surface area contributed by atoms with Crippen molar-refractivity contribution in [3.05, 3.63) is 41.7 Å². The average molecular weight is 480 g/mol. The molecule has 3 rings (SSSR count). The van der Waals surface area contributed by atoms with Gasteiger partial charge in [0.05, 0.1) is 23.7 Å². The van der Waals surface area contributed by atoms with E-state index in [1.165, 1.54) is 0 Å². The number of hydrazine groups is 1. The van der Waals surface area contributed by atoms with Crippen molar-refractivity contribution in [3.8, 4) is 11.1 Å². The monoisotopic (exact) mass is 479 g/mol. The molecular weight excluding hydrogens is 454 g/mol. The van der Waals surface area contributed by atoms with Crippen LogP contribution in [0.5, 0.6) is 0 Å². The fourth-order valence-corrected chi connectivity index (χ4v) is 5.49. The first-order valence-corrected chi connectivity index (χ1v) is 11.9. The number of aromatic nitrogens is 2. The maximum Gasteiger partial charge on any atom is 0.239 e. The Bertz CT molecular complexity index is 1260. The number of aliphatic hydroxyl groups is 1. The fourth-order valence-electron chi connectivity index (χ4n) is 3.22. The van der Waals surface area contributed by atoms with Gasteiger partial charge in [-0.25, -0.2) is 29.9 Å². The molecule has 0 radical (unpaired) electrons. The van der Waals surface area contributed by atoms with Crippen LogP contribution < -0.4 is 33.7 Å². The highest BCUT2D eigenvalue weighted by Gasteiger charge is 2.27. The quantitative estimate of drug-likeness (QED) is 0.0601. The summed E-state index contributed by atoms with van der Waals surface area (Å²) in [4.78, 5) is 7.65. The number of nitrogens with two attached hydrogens (primary N) is 5. The number of nitrogens with one attached hydrogen (secondary N) is 2. The number of rotatable bonds is 9. The van der Waals surface area contributed by atoms with E-state index in [1.54, 1.807) is 24.3 Å². The van der Waals surface area contributed by atoms with Gasteiger partial charge in [0.2, 0.25) is 10.0 Å². The number of H-pyrrole nitrogens is 1. The minimum Gasteiger partial charge on any atom is -0.391 e. The van der Waals surface area contributed by atoms with Crippen LogP contribution in [0.15, 0.2) is 45.2 Å². The summed E-state index contributed by atoms with van der Waals surface area (Å²) in [5, 5.41) is 19.2. The third kappa shape index (κ3) is 4.86. The van der Waals surface area contributed by atoms with E-state index in [1.807, 2.05) is 6.07 Å². The molecule has 0 amide bonds. The molecule has 0 saturated heterocycles. The zero-order chi connectivity index (χ0) is 23.5. The molecule has 0 fully saturated rings. The molecule has 1 unspecified atom stereocenters. The van der Waals surface area contributed by atoms with Crippen LogP contribution in [0.2, 0.25) is 0 Å². The second-order valence-electron chi connectivity index (χ2n) is 6.78. The van der Waals surface area contributed by atoms with Crippen LogP contribution >= 0.6 is 11.8 Å². The lowest BCUT2D eigenvalue weighted by molar-refractivity contribution is 0.208. The molecule has 1 atom stereocenters. The second-order valence-corrected chi connectivity index (χ2v) is 9.34. The summed E-state index contributed by atoms with van der Waals surface area (Å²) in [6, 6.07) is 8.65. The van der Waals surface area contributed by atoms with E-state index < -0.39 is 16.1 Å². The summed E-state index contributed by atoms with van der Waals surface area (Å²) in [7, 11) is -4.28. The van der Waals surface area contributed by atoms with Crippen molar-refractivity contribution in [2.24, 2.45) is 33.3 Å². The number of hydrogen-bond acceptors (Lipinski definition) is 10. The van der Waals surface area contributed by atoms with Crippen molar-refractivity contribution in [3.63, 3.8) is 0 Å². The zero-order valence-electron chi connectivity index (χ0n) is 16.9. The van der Waals surface area contributed by atoms with Crippen molar-refractivity contribution in [1.29, 1.82) is 0 Å². The lowest BCUT2D eigenvalue weighted by Crippen LogP contribution is -2.27. The third-order valence-corrected chi connectivity index (χ3v) is 6.92. The van der Waals surface area contributed by atoms with Crippen LogP contribution in [0.4, 0.5) is 0 Å². The van der Waals surface area contributed by atoms with Crippen molar-refractivity contribution < 1.29 is 13.5 Å². The highest BCUT2D eigenvalue weighted by atomic mass is 32.2. The molecular formula is C18H25N9O3S2. The first-order chi connectivity index (χ1) is 15.2. The van der Waals surface area contributed by atoms with Gasteiger partial charge in [0.25, 0.3) is 0 Å². The smallest absolute Gasteiger partial charge is 0.239 e. The number of primary sulfonamides is 1. The van der Waals surface area contributed by atoms with Gasteiger partial charge in [0, 0.05) is 28.3 Å². The van der Waals surface area contributed by atoms with Crippen LogP contribution in [-0.2, 0) is 16.6 Å². The number of fused-ring (bicyclic) bond motifs is 1. The van der Waals surface area contributed by atoms with E-state index in [9.17, 15) is 13.5 Å². The molecule has 0 aliphatic rings. The summed E-state index contributed by atoms with van der Waals surface area (Å²) in [6.45, 7) is 0.219. The fraction of sp³-hybridized carbons (Fsp3) is 0.222. The number of nitrogens with zero attached hydrogens (tertiary/aromatic N) is 2. The Morgan fingerprint density at radius 1 is 1.25 bits per heavy atom. The highest BCUT2D eigenvalue weighted by Crippen LogP contribution is 2.38. The number of aromatic amines is 1. The number of thioether (sulfide) groups is 1. The Hall–Kier alpha value is -2.72. The van der Waals surface area contributed by atoms with Crippen molar-refractivity contribution in [2.45, 2.75) is 22.4 Å². The van der Waals surface area contributed by atoms with Gasteiger partial charge in [-0.05, 0) is 17.7 Å². The van der Waals surface area contributed by atoms with Crippen molar-refractivity contribution >= 4 is 38.7 Å². The summed E-state index contributed by atoms with van der Waals surface area (Å²) in [5.74, 6) is 5.82. The summed E-state index contributed by atoms with van der Waals surface area (Å²) in [5.41, 5.74) is 21.7. The van der Waals surface area contributed by atoms with Gasteiger partial charge in [-0.2, -0.15) is 0 Å². The molecule has 0 spiro atoms. The van der Waals surface area contributed by atoms with Gasteiger partial charge in [-0.1, -0.05) is 18.2 Å². The lowest BCUT2D eigenvalue weighted by atomic mass is 9.97. The third-order valence-electron chi connectivity index (χ3n) is 4.60. The van der Waals surface area contributed by atoms with Crippen molar-refractivity contribution in [2.75, 3.05) is 12.3 Å². The zero-order valence-corrected chi connectivity index (χ0v) is 18.6. The predicted octanol–water partition coefficient (Wildman–Crippen LogP) is -1.17. The number of amidine groups is 1. The van der Waals surface area contributed by atoms with E-state index in [0.717, 1.165) is 11.8 Å². The first kappa shape index (κ1) is 23.9. The summed E-state index contributed by atoms with van der Waals surface area (Å²) < 4.78 is 25.3. The van der Waals surface area contributed by atoms with E-state index in [-0.39, 0.29) is 40.0 Å². The molecule has 12 nitrogen and oxygen atoms in total. The minimum absolute atomic E-state index is 0.0218. The van der Waals surface area contributed by atoms with Gasteiger partial charge >= 0.3 is 0 Å². The second kappa shape index (κ2) is 9.83. The Morgan fingerprint density at radius 2 is 2.00 bits per heavy atom. The van der Waals surface area contributed by atoms with Crippen LogP contribution in [0, 0.1) is 0 Å². The van der Waals surface area contributed by atoms with E-state index in [0.29, 0.717) is 28.0 Å². The largest absolute Gasteiger partial charge is 0.391 e. The molecule has 1 heterocycles. The average Bonchev–Trinajstić information content (AvgIpc) is 3.19. The standard InChI is InChI=1S/C18H25N9O3S2/c19-6-9(28)8-31-13-5-4-10(15(18(21)26-27-22)17(13)32(23,29)30)11-2-1-3-12-16(11)25-14(7-20)24-12/h1-5,9,27-28H,6-8,19-20,22H2,(H2,21,26)(H,24,25)(H2,23,29,30). The maximum absolute atomic E-state index is 12.7. The summed E-state index contributed by atoms with van der Waals surface area (Å²) in [6.07, 6.45) is -0.833. The van der Waals surface area contributed by atoms with Crippen LogP contribution in [0.3, 0.4) is 0 Å². The number of hydrogen-bond donors (Lipinski definition) is 8. The minimum atomic E-state index is -4.28. The molecule has 0 bridgehead atoms. The number of para-hydroxylation sites is 1. The van der Waals surface area contributed by atoms with Gasteiger partial charge in [0.15, 0.2) is 5.84 Å². The molecule has 0 aliphatic heterocycles. The molecule has 3 aromatic rings. The molecule has 0 aliphatic carbocycles. The maximum atomic E-state index is 12.7. The van der Waals surface area contributed by atoms with Gasteiger partial charge in [0.1, 0.15) is 10.7 Å². The molecule has 32 heavy (non-hydrogen) atoms. The Morgan fingerprint density at radius 3 is 2.62 bits per heavy atom. The number of sulfonamides is 1. The van der Waals surface area contributed by atoms with Crippen LogP contribution in [0.1, 0.15) is 11.4 Å². The molecule has 1 aromatic heterocycles. The van der Waals surface area contributed by atoms with Crippen LogP contribution in [0.25, 0.3) is 22.2 Å². The lowest BCUT2D eigenvalue weighted by Gasteiger charge is -2.18. The Kier molecular flexibility index (Phi) is 7.35. The number of hydrazone groups is 1. The molecule has 14 heteroatoms. The molecule has 2 aromatic carbocycles. The number of benzene rings is 2. The summed E-state index contributed by atoms with van der Waals surface area (Å²) >= 11 is 1.08. The van der Waals surface area contributed by atoms with E-state index in [4.69, 9.17) is 28.2 Å². The van der Waals surface area contributed by atoms with Gasteiger partial charge in [-0.3, -0.25) is 0 Å².